The van der Waals surface area contributed by atoms with Crippen molar-refractivity contribution in [2.24, 2.45) is 5.73 Å². The Balaban J connectivity index is 2.63. The molecule has 15 heavy (non-hydrogen) atoms. The Hall–Kier alpha value is -1.20. The Morgan fingerprint density at radius 1 is 1.53 bits per heavy atom. The Labute approximate surface area is 87.7 Å². The molecule has 1 aliphatic heterocycles. The van der Waals surface area contributed by atoms with Crippen molar-refractivity contribution < 1.29 is 4.74 Å². The van der Waals surface area contributed by atoms with Gasteiger partial charge >= 0.3 is 5.69 Å². The number of rotatable bonds is 1. The van der Waals surface area contributed by atoms with E-state index in [1.165, 1.54) is 0 Å². The van der Waals surface area contributed by atoms with E-state index < -0.39 is 5.54 Å². The maximum atomic E-state index is 11.3. The van der Waals surface area contributed by atoms with Gasteiger partial charge in [0.2, 0.25) is 0 Å². The minimum Gasteiger partial charge on any atom is -0.376 e. The van der Waals surface area contributed by atoms with Crippen LogP contribution in [0, 0.1) is 0 Å². The van der Waals surface area contributed by atoms with E-state index in [2.05, 4.69) is 9.97 Å². The highest BCUT2D eigenvalue weighted by Crippen LogP contribution is 2.23. The molecule has 1 aromatic heterocycles. The minimum absolute atomic E-state index is 0.329. The summed E-state index contributed by atoms with van der Waals surface area (Å²) in [6.45, 7) is 4.79. The second kappa shape index (κ2) is 3.43. The predicted molar refractivity (Wildman–Crippen MR) is 55.4 cm³/mol. The molecule has 0 saturated heterocycles. The first-order valence-electron chi connectivity index (χ1n) is 4.97. The number of nitrogens with zero attached hydrogens (tertiary/aromatic N) is 1. The van der Waals surface area contributed by atoms with Gasteiger partial charge in [0.15, 0.2) is 0 Å². The van der Waals surface area contributed by atoms with Gasteiger partial charge in [-0.15, -0.1) is 0 Å². The van der Waals surface area contributed by atoms with Crippen molar-refractivity contribution in [2.45, 2.75) is 32.4 Å². The quantitative estimate of drug-likeness (QED) is 0.684. The van der Waals surface area contributed by atoms with Crippen molar-refractivity contribution in [3.8, 4) is 0 Å². The highest BCUT2D eigenvalue weighted by molar-refractivity contribution is 5.30. The third-order valence-corrected chi connectivity index (χ3v) is 2.47. The van der Waals surface area contributed by atoms with E-state index in [1.807, 2.05) is 13.8 Å². The molecule has 0 saturated carbocycles. The zero-order chi connectivity index (χ0) is 11.1. The summed E-state index contributed by atoms with van der Waals surface area (Å²) >= 11 is 0. The number of aromatic nitrogens is 2. The van der Waals surface area contributed by atoms with Crippen molar-refractivity contribution in [1.29, 1.82) is 0 Å². The van der Waals surface area contributed by atoms with Crippen LogP contribution in [0.1, 0.15) is 30.8 Å². The summed E-state index contributed by atoms with van der Waals surface area (Å²) in [5, 5.41) is 0. The molecule has 82 valence electrons. The average molecular weight is 209 g/mol. The van der Waals surface area contributed by atoms with Crippen molar-refractivity contribution >= 4 is 0 Å². The van der Waals surface area contributed by atoms with Gasteiger partial charge in [0.25, 0.3) is 0 Å². The van der Waals surface area contributed by atoms with Gasteiger partial charge < -0.3 is 15.5 Å². The first-order chi connectivity index (χ1) is 6.98. The fourth-order valence-corrected chi connectivity index (χ4v) is 1.79. The van der Waals surface area contributed by atoms with Crippen LogP contribution in [0.25, 0.3) is 0 Å². The molecule has 1 aliphatic rings. The van der Waals surface area contributed by atoms with Crippen LogP contribution in [0.4, 0.5) is 0 Å². The van der Waals surface area contributed by atoms with E-state index in [1.54, 1.807) is 0 Å². The monoisotopic (exact) mass is 209 g/mol. The number of fused-ring (bicyclic) bond motifs is 1. The van der Waals surface area contributed by atoms with Crippen LogP contribution < -0.4 is 11.4 Å². The summed E-state index contributed by atoms with van der Waals surface area (Å²) < 4.78 is 5.35. The first-order valence-corrected chi connectivity index (χ1v) is 4.97. The lowest BCUT2D eigenvalue weighted by molar-refractivity contribution is 0.107. The van der Waals surface area contributed by atoms with Gasteiger partial charge in [0.05, 0.1) is 24.4 Å². The largest absolute Gasteiger partial charge is 0.376 e. The summed E-state index contributed by atoms with van der Waals surface area (Å²) in [4.78, 5) is 18.0. The summed E-state index contributed by atoms with van der Waals surface area (Å²) in [6.07, 6.45) is 0.718. The van der Waals surface area contributed by atoms with E-state index in [0.717, 1.165) is 17.7 Å². The molecule has 0 aromatic carbocycles. The normalized spacial score (nSPS) is 16.2. The fourth-order valence-electron chi connectivity index (χ4n) is 1.79. The fraction of sp³-hybridized carbons (Fsp3) is 0.600. The molecule has 0 bridgehead atoms. The molecule has 5 heteroatoms. The number of hydrogen-bond acceptors (Lipinski definition) is 4. The van der Waals surface area contributed by atoms with Crippen LogP contribution in [0.2, 0.25) is 0 Å². The smallest absolute Gasteiger partial charge is 0.345 e. The number of ether oxygens (including phenoxy) is 1. The molecule has 3 N–H and O–H groups in total. The lowest BCUT2D eigenvalue weighted by Crippen LogP contribution is -2.36. The average Bonchev–Trinajstić information content (AvgIpc) is 2.15. The number of nitrogens with one attached hydrogen (secondary N) is 1. The summed E-state index contributed by atoms with van der Waals surface area (Å²) in [5.74, 6) is 0. The molecule has 0 unspecified atom stereocenters. The summed E-state index contributed by atoms with van der Waals surface area (Å²) in [5.41, 5.74) is 7.53. The molecule has 0 radical (unpaired) electrons. The maximum absolute atomic E-state index is 11.3. The van der Waals surface area contributed by atoms with Crippen LogP contribution in [0.3, 0.4) is 0 Å². The zero-order valence-electron chi connectivity index (χ0n) is 8.96. The first kappa shape index (κ1) is 10.3. The highest BCUT2D eigenvalue weighted by atomic mass is 16.5. The molecule has 1 aromatic rings. The highest BCUT2D eigenvalue weighted by Gasteiger charge is 2.25. The summed E-state index contributed by atoms with van der Waals surface area (Å²) in [6, 6.07) is 0. The van der Waals surface area contributed by atoms with Crippen LogP contribution >= 0.6 is 0 Å². The molecule has 0 fully saturated rings. The van der Waals surface area contributed by atoms with Crippen molar-refractivity contribution in [1.82, 2.24) is 9.97 Å². The Bertz CT molecular complexity index is 431. The Morgan fingerprint density at radius 3 is 2.93 bits per heavy atom. The molecule has 2 heterocycles. The van der Waals surface area contributed by atoms with Crippen LogP contribution in [-0.2, 0) is 23.3 Å². The van der Waals surface area contributed by atoms with Gasteiger partial charge in [-0.1, -0.05) is 0 Å². The minimum atomic E-state index is -0.612. The third kappa shape index (κ3) is 1.93. The van der Waals surface area contributed by atoms with Crippen molar-refractivity contribution in [2.75, 3.05) is 6.61 Å². The molecule has 0 aliphatic carbocycles. The number of H-pyrrole nitrogens is 1. The van der Waals surface area contributed by atoms with Gasteiger partial charge in [-0.25, -0.2) is 4.79 Å². The van der Waals surface area contributed by atoms with E-state index >= 15 is 0 Å². The molecule has 0 spiro atoms. The lowest BCUT2D eigenvalue weighted by atomic mass is 9.95. The van der Waals surface area contributed by atoms with Gasteiger partial charge in [-0.3, -0.25) is 0 Å². The van der Waals surface area contributed by atoms with Crippen LogP contribution in [0.5, 0.6) is 0 Å². The number of aromatic amines is 1. The van der Waals surface area contributed by atoms with Crippen molar-refractivity contribution in [3.63, 3.8) is 0 Å². The van der Waals surface area contributed by atoms with E-state index in [0.29, 0.717) is 18.9 Å². The zero-order valence-corrected chi connectivity index (χ0v) is 8.96. The topological polar surface area (TPSA) is 81.0 Å². The maximum Gasteiger partial charge on any atom is 0.345 e. The molecule has 0 amide bonds. The number of nitrogens with two attached hydrogens (primary N) is 1. The van der Waals surface area contributed by atoms with Crippen LogP contribution in [0.15, 0.2) is 4.79 Å². The third-order valence-electron chi connectivity index (χ3n) is 2.47. The molecule has 0 atom stereocenters. The second-order valence-corrected chi connectivity index (χ2v) is 4.37. The van der Waals surface area contributed by atoms with Crippen LogP contribution in [-0.4, -0.2) is 16.6 Å². The van der Waals surface area contributed by atoms with Gasteiger partial charge in [0.1, 0.15) is 0 Å². The van der Waals surface area contributed by atoms with E-state index in [4.69, 9.17) is 10.5 Å². The Kier molecular flexibility index (Phi) is 2.36. The van der Waals surface area contributed by atoms with Gasteiger partial charge in [0, 0.05) is 17.7 Å². The van der Waals surface area contributed by atoms with Gasteiger partial charge in [-0.05, 0) is 13.8 Å². The van der Waals surface area contributed by atoms with Gasteiger partial charge in [-0.2, -0.15) is 4.98 Å². The second-order valence-electron chi connectivity index (χ2n) is 4.37. The van der Waals surface area contributed by atoms with Crippen molar-refractivity contribution in [3.05, 3.63) is 27.4 Å². The molecule has 5 nitrogen and oxygen atoms in total. The molecular weight excluding hydrogens is 194 g/mol. The lowest BCUT2D eigenvalue weighted by Gasteiger charge is -2.25. The SMILES string of the molecule is CC(C)(N)c1nc(=O)[nH]c2c1COCC2. The Morgan fingerprint density at radius 2 is 2.27 bits per heavy atom. The van der Waals surface area contributed by atoms with E-state index in [-0.39, 0.29) is 5.69 Å². The standard InChI is InChI=1S/C10H15N3O2/c1-10(2,11)8-6-5-15-4-3-7(6)12-9(14)13-8/h3-5,11H2,1-2H3,(H,12,13,14). The van der Waals surface area contributed by atoms with E-state index in [9.17, 15) is 4.79 Å². The molecular formula is C10H15N3O2. The molecule has 2 rings (SSSR count). The number of hydrogen-bond donors (Lipinski definition) is 2. The predicted octanol–water partition coefficient (Wildman–Crippen LogP) is 0.0364. The summed E-state index contributed by atoms with van der Waals surface area (Å²) in [7, 11) is 0.